The van der Waals surface area contributed by atoms with Crippen LogP contribution in [0.2, 0.25) is 0 Å². The quantitative estimate of drug-likeness (QED) is 0.732. The van der Waals surface area contributed by atoms with Crippen molar-refractivity contribution < 1.29 is 9.84 Å². The molecule has 24 heavy (non-hydrogen) atoms. The number of ether oxygens (including phenoxy) is 1. The molecule has 0 unspecified atom stereocenters. The number of hydrogen-bond donors (Lipinski definition) is 2. The van der Waals surface area contributed by atoms with Gasteiger partial charge in [0, 0.05) is 11.8 Å². The van der Waals surface area contributed by atoms with Crippen LogP contribution >= 0.6 is 0 Å². The van der Waals surface area contributed by atoms with E-state index in [0.29, 0.717) is 22.7 Å². The molecule has 0 saturated heterocycles. The highest BCUT2D eigenvalue weighted by molar-refractivity contribution is 5.71. The predicted molar refractivity (Wildman–Crippen MR) is 88.9 cm³/mol. The molecule has 0 aliphatic carbocycles. The minimum atomic E-state index is -0.376. The molecule has 0 amide bonds. The number of aromatic nitrogens is 5. The smallest absolute Gasteiger partial charge is 0.329 e. The molecular formula is C16H19N5O3. The molecule has 0 radical (unpaired) electrons. The van der Waals surface area contributed by atoms with Crippen LogP contribution in [-0.2, 0) is 0 Å². The van der Waals surface area contributed by atoms with Crippen molar-refractivity contribution in [3.63, 3.8) is 0 Å². The molecule has 126 valence electrons. The lowest BCUT2D eigenvalue weighted by Gasteiger charge is -2.19. The van der Waals surface area contributed by atoms with Gasteiger partial charge in [0.1, 0.15) is 5.75 Å². The number of fused-ring (bicyclic) bond motifs is 1. The summed E-state index contributed by atoms with van der Waals surface area (Å²) in [6, 6.07) is 1.42. The van der Waals surface area contributed by atoms with Crippen molar-refractivity contribution in [2.45, 2.75) is 19.9 Å². The summed E-state index contributed by atoms with van der Waals surface area (Å²) in [6.07, 6.45) is 4.82. The van der Waals surface area contributed by atoms with Crippen LogP contribution in [0.4, 0.5) is 0 Å². The zero-order valence-corrected chi connectivity index (χ0v) is 13.7. The summed E-state index contributed by atoms with van der Waals surface area (Å²) >= 11 is 0. The molecular weight excluding hydrogens is 310 g/mol. The number of aromatic amines is 1. The summed E-state index contributed by atoms with van der Waals surface area (Å²) in [7, 11) is 1.56. The number of rotatable bonds is 5. The largest absolute Gasteiger partial charge is 0.495 e. The highest BCUT2D eigenvalue weighted by atomic mass is 16.5. The van der Waals surface area contributed by atoms with Gasteiger partial charge in [-0.15, -0.1) is 0 Å². The van der Waals surface area contributed by atoms with Gasteiger partial charge >= 0.3 is 5.69 Å². The van der Waals surface area contributed by atoms with Crippen LogP contribution in [0.1, 0.15) is 19.9 Å². The minimum absolute atomic E-state index is 0.0654. The summed E-state index contributed by atoms with van der Waals surface area (Å²) in [5.74, 6) is 0.673. The third kappa shape index (κ3) is 2.76. The third-order valence-corrected chi connectivity index (χ3v) is 3.96. The number of aliphatic hydroxyl groups is 1. The van der Waals surface area contributed by atoms with Gasteiger partial charge in [-0.2, -0.15) is 0 Å². The third-order valence-electron chi connectivity index (χ3n) is 3.96. The van der Waals surface area contributed by atoms with E-state index in [1.807, 2.05) is 13.8 Å². The first-order chi connectivity index (χ1) is 11.5. The van der Waals surface area contributed by atoms with E-state index in [9.17, 15) is 9.90 Å². The van der Waals surface area contributed by atoms with Crippen LogP contribution in [0.3, 0.4) is 0 Å². The summed E-state index contributed by atoms with van der Waals surface area (Å²) in [5.41, 5.74) is 1.77. The number of nitrogens with zero attached hydrogens (tertiary/aromatic N) is 4. The first kappa shape index (κ1) is 16.1. The lowest BCUT2D eigenvalue weighted by Crippen LogP contribution is -2.28. The van der Waals surface area contributed by atoms with Crippen molar-refractivity contribution in [1.82, 2.24) is 24.5 Å². The van der Waals surface area contributed by atoms with Crippen LogP contribution in [-0.4, -0.2) is 43.3 Å². The highest BCUT2D eigenvalue weighted by Gasteiger charge is 2.21. The van der Waals surface area contributed by atoms with Gasteiger partial charge in [-0.25, -0.2) is 14.8 Å². The Bertz CT molecular complexity index is 915. The van der Waals surface area contributed by atoms with Crippen LogP contribution in [0.15, 0.2) is 29.5 Å². The number of hydrogen-bond acceptors (Lipinski definition) is 6. The van der Waals surface area contributed by atoms with E-state index in [1.54, 1.807) is 31.8 Å². The van der Waals surface area contributed by atoms with Gasteiger partial charge in [-0.3, -0.25) is 14.5 Å². The van der Waals surface area contributed by atoms with Gasteiger partial charge in [0.05, 0.1) is 37.8 Å². The topological polar surface area (TPSA) is 106 Å². The minimum Gasteiger partial charge on any atom is -0.495 e. The molecule has 3 aromatic rings. The molecule has 0 fully saturated rings. The van der Waals surface area contributed by atoms with E-state index in [1.165, 1.54) is 4.57 Å². The number of aliphatic hydroxyl groups excluding tert-OH is 1. The van der Waals surface area contributed by atoms with Crippen LogP contribution in [0.5, 0.6) is 5.75 Å². The SMILES string of the molecule is COc1cncc(-c2cnc3[nH]c(=O)n([C@H](CO)C(C)C)c3n2)c1. The monoisotopic (exact) mass is 329 g/mol. The molecule has 1 atom stereocenters. The fourth-order valence-electron chi connectivity index (χ4n) is 2.60. The van der Waals surface area contributed by atoms with Gasteiger partial charge in [0.25, 0.3) is 0 Å². The Kier molecular flexibility index (Phi) is 4.30. The Labute approximate surface area is 138 Å². The Hall–Kier alpha value is -2.74. The zero-order valence-electron chi connectivity index (χ0n) is 13.7. The number of imidazole rings is 1. The maximum atomic E-state index is 12.3. The average molecular weight is 329 g/mol. The lowest BCUT2D eigenvalue weighted by atomic mass is 10.1. The van der Waals surface area contributed by atoms with Gasteiger partial charge in [-0.05, 0) is 12.0 Å². The van der Waals surface area contributed by atoms with Crippen LogP contribution in [0, 0.1) is 5.92 Å². The van der Waals surface area contributed by atoms with Crippen molar-refractivity contribution in [3.8, 4) is 17.0 Å². The lowest BCUT2D eigenvalue weighted by molar-refractivity contribution is 0.193. The Morgan fingerprint density at radius 2 is 2.12 bits per heavy atom. The standard InChI is InChI=1S/C16H19N5O3/c1-9(2)13(8-22)21-15-14(20-16(21)23)18-7-12(19-15)10-4-11(24-3)6-17-5-10/h4-7,9,13,22H,8H2,1-3H3,(H,18,20,23)/t13-/m1/s1. The maximum absolute atomic E-state index is 12.3. The molecule has 3 rings (SSSR count). The summed E-state index contributed by atoms with van der Waals surface area (Å²) in [4.78, 5) is 27.9. The van der Waals surface area contributed by atoms with E-state index in [4.69, 9.17) is 4.74 Å². The van der Waals surface area contributed by atoms with Crippen molar-refractivity contribution in [2.24, 2.45) is 5.92 Å². The second kappa shape index (κ2) is 6.40. The van der Waals surface area contributed by atoms with Crippen LogP contribution < -0.4 is 10.4 Å². The second-order valence-corrected chi connectivity index (χ2v) is 5.83. The fourth-order valence-corrected chi connectivity index (χ4v) is 2.60. The van der Waals surface area contributed by atoms with Crippen LogP contribution in [0.25, 0.3) is 22.6 Å². The molecule has 3 heterocycles. The van der Waals surface area contributed by atoms with E-state index >= 15 is 0 Å². The summed E-state index contributed by atoms with van der Waals surface area (Å²) < 4.78 is 6.64. The Morgan fingerprint density at radius 3 is 2.79 bits per heavy atom. The first-order valence-corrected chi connectivity index (χ1v) is 7.62. The number of H-pyrrole nitrogens is 1. The van der Waals surface area contributed by atoms with E-state index in [-0.39, 0.29) is 24.3 Å². The zero-order chi connectivity index (χ0) is 17.3. The van der Waals surface area contributed by atoms with Gasteiger partial charge in [0.2, 0.25) is 0 Å². The molecule has 8 nitrogen and oxygen atoms in total. The van der Waals surface area contributed by atoms with Gasteiger partial charge < -0.3 is 9.84 Å². The Morgan fingerprint density at radius 1 is 1.33 bits per heavy atom. The number of pyridine rings is 1. The van der Waals surface area contributed by atoms with E-state index in [2.05, 4.69) is 19.9 Å². The summed E-state index contributed by atoms with van der Waals surface area (Å²) in [5, 5.41) is 9.66. The van der Waals surface area contributed by atoms with E-state index < -0.39 is 0 Å². The molecule has 0 saturated carbocycles. The molecule has 0 bridgehead atoms. The fraction of sp³-hybridized carbons (Fsp3) is 0.375. The molecule has 2 N–H and O–H groups in total. The number of nitrogens with one attached hydrogen (secondary N) is 1. The molecule has 0 aromatic carbocycles. The predicted octanol–water partition coefficient (Wildman–Crippen LogP) is 1.38. The normalized spacial score (nSPS) is 12.7. The number of methoxy groups -OCH3 is 1. The second-order valence-electron chi connectivity index (χ2n) is 5.83. The van der Waals surface area contributed by atoms with Crippen molar-refractivity contribution in [1.29, 1.82) is 0 Å². The first-order valence-electron chi connectivity index (χ1n) is 7.62. The molecule has 0 aliphatic heterocycles. The molecule has 8 heteroatoms. The van der Waals surface area contributed by atoms with Crippen molar-refractivity contribution in [3.05, 3.63) is 35.1 Å². The van der Waals surface area contributed by atoms with Crippen molar-refractivity contribution in [2.75, 3.05) is 13.7 Å². The van der Waals surface area contributed by atoms with E-state index in [0.717, 1.165) is 5.56 Å². The van der Waals surface area contributed by atoms with Gasteiger partial charge in [0.15, 0.2) is 11.3 Å². The summed E-state index contributed by atoms with van der Waals surface area (Å²) in [6.45, 7) is 3.72. The molecule has 0 aliphatic rings. The average Bonchev–Trinajstić information content (AvgIpc) is 2.91. The molecule has 3 aromatic heterocycles. The highest BCUT2D eigenvalue weighted by Crippen LogP contribution is 2.23. The van der Waals surface area contributed by atoms with Gasteiger partial charge in [-0.1, -0.05) is 13.8 Å². The molecule has 0 spiro atoms. The van der Waals surface area contributed by atoms with Crippen molar-refractivity contribution >= 4 is 11.3 Å². The Balaban J connectivity index is 2.18. The maximum Gasteiger partial charge on any atom is 0.329 e.